The molecule has 26 heavy (non-hydrogen) atoms. The lowest BCUT2D eigenvalue weighted by Crippen LogP contribution is -2.35. The molecule has 0 radical (unpaired) electrons. The van der Waals surface area contributed by atoms with Gasteiger partial charge in [-0.15, -0.1) is 0 Å². The van der Waals surface area contributed by atoms with Crippen molar-refractivity contribution >= 4 is 23.2 Å². The largest absolute Gasteiger partial charge is 0.326 e. The van der Waals surface area contributed by atoms with E-state index in [1.165, 1.54) is 5.56 Å². The van der Waals surface area contributed by atoms with Gasteiger partial charge in [-0.25, -0.2) is 4.98 Å². The highest BCUT2D eigenvalue weighted by Crippen LogP contribution is 2.20. The van der Waals surface area contributed by atoms with Gasteiger partial charge < -0.3 is 5.32 Å². The molecule has 0 amide bonds. The van der Waals surface area contributed by atoms with Gasteiger partial charge in [0.05, 0.1) is 11.3 Å². The summed E-state index contributed by atoms with van der Waals surface area (Å²) in [6.07, 6.45) is 0.765. The molecule has 0 atom stereocenters. The second-order valence-electron chi connectivity index (χ2n) is 6.42. The molecule has 5 nitrogen and oxygen atoms in total. The van der Waals surface area contributed by atoms with Gasteiger partial charge >= 0.3 is 0 Å². The van der Waals surface area contributed by atoms with E-state index in [-0.39, 0.29) is 5.56 Å². The summed E-state index contributed by atoms with van der Waals surface area (Å²) in [6.45, 7) is 2.34. The van der Waals surface area contributed by atoms with Gasteiger partial charge in [0.15, 0.2) is 0 Å². The van der Waals surface area contributed by atoms with Crippen LogP contribution in [0.1, 0.15) is 16.8 Å². The van der Waals surface area contributed by atoms with Gasteiger partial charge in [0, 0.05) is 36.8 Å². The van der Waals surface area contributed by atoms with Gasteiger partial charge in [0.1, 0.15) is 0 Å². The molecule has 0 spiro atoms. The molecule has 0 fully saturated rings. The van der Waals surface area contributed by atoms with Gasteiger partial charge in [-0.3, -0.25) is 14.7 Å². The van der Waals surface area contributed by atoms with Crippen LogP contribution in [0.5, 0.6) is 0 Å². The molecule has 6 heteroatoms. The first-order valence-corrected chi connectivity index (χ1v) is 8.96. The molecule has 0 saturated carbocycles. The van der Waals surface area contributed by atoms with Crippen molar-refractivity contribution in [1.82, 2.24) is 14.9 Å². The van der Waals surface area contributed by atoms with Crippen molar-refractivity contribution < 1.29 is 0 Å². The Bertz CT molecular complexity index is 954. The fraction of sp³-hybridized carbons (Fsp3) is 0.200. The number of halogens is 1. The maximum absolute atomic E-state index is 12.5. The van der Waals surface area contributed by atoms with Crippen molar-refractivity contribution in [3.05, 3.63) is 86.8 Å². The SMILES string of the molecule is O=c1[nH]c(Nc2ccc(Cl)cc2)nc2c1CN(Cc1ccccc1)CC2. The number of hydrogen-bond acceptors (Lipinski definition) is 4. The quantitative estimate of drug-likeness (QED) is 0.738. The average molecular weight is 367 g/mol. The van der Waals surface area contributed by atoms with Crippen LogP contribution in [-0.4, -0.2) is 21.4 Å². The van der Waals surface area contributed by atoms with Gasteiger partial charge in [0.2, 0.25) is 5.95 Å². The lowest BCUT2D eigenvalue weighted by atomic mass is 10.1. The topological polar surface area (TPSA) is 61.0 Å². The lowest BCUT2D eigenvalue weighted by Gasteiger charge is -2.27. The summed E-state index contributed by atoms with van der Waals surface area (Å²) < 4.78 is 0. The maximum atomic E-state index is 12.5. The summed E-state index contributed by atoms with van der Waals surface area (Å²) in [5, 5.41) is 3.80. The molecule has 2 heterocycles. The van der Waals surface area contributed by atoms with Crippen molar-refractivity contribution in [1.29, 1.82) is 0 Å². The molecule has 0 aliphatic carbocycles. The van der Waals surface area contributed by atoms with E-state index in [9.17, 15) is 4.79 Å². The Hall–Kier alpha value is -2.63. The van der Waals surface area contributed by atoms with E-state index in [0.29, 0.717) is 17.5 Å². The summed E-state index contributed by atoms with van der Waals surface area (Å²) in [7, 11) is 0. The van der Waals surface area contributed by atoms with E-state index in [1.807, 2.05) is 30.3 Å². The number of hydrogen-bond donors (Lipinski definition) is 2. The first-order valence-electron chi connectivity index (χ1n) is 8.58. The van der Waals surface area contributed by atoms with Crippen molar-refractivity contribution in [3.8, 4) is 0 Å². The minimum Gasteiger partial charge on any atom is -0.326 e. The normalized spacial score (nSPS) is 14.0. The smallest absolute Gasteiger partial charge is 0.257 e. The van der Waals surface area contributed by atoms with Crippen LogP contribution in [0.2, 0.25) is 5.02 Å². The molecule has 1 aliphatic heterocycles. The molecule has 0 unspecified atom stereocenters. The van der Waals surface area contributed by atoms with E-state index >= 15 is 0 Å². The summed E-state index contributed by atoms with van der Waals surface area (Å²) >= 11 is 5.90. The molecule has 0 saturated heterocycles. The highest BCUT2D eigenvalue weighted by molar-refractivity contribution is 6.30. The second kappa shape index (κ2) is 7.32. The van der Waals surface area contributed by atoms with Crippen LogP contribution in [-0.2, 0) is 19.5 Å². The highest BCUT2D eigenvalue weighted by atomic mass is 35.5. The number of nitrogens with zero attached hydrogens (tertiary/aromatic N) is 2. The van der Waals surface area contributed by atoms with Crippen LogP contribution in [0.3, 0.4) is 0 Å². The number of aromatic nitrogens is 2. The van der Waals surface area contributed by atoms with Crippen LogP contribution in [0.25, 0.3) is 0 Å². The first-order chi connectivity index (χ1) is 12.7. The van der Waals surface area contributed by atoms with Gasteiger partial charge in [-0.1, -0.05) is 41.9 Å². The van der Waals surface area contributed by atoms with E-state index in [1.54, 1.807) is 12.1 Å². The Morgan fingerprint density at radius 3 is 2.65 bits per heavy atom. The summed E-state index contributed by atoms with van der Waals surface area (Å²) in [4.78, 5) is 22.3. The van der Waals surface area contributed by atoms with Crippen molar-refractivity contribution in [2.75, 3.05) is 11.9 Å². The molecule has 132 valence electrons. The Balaban J connectivity index is 1.51. The third kappa shape index (κ3) is 3.79. The average Bonchev–Trinajstić information content (AvgIpc) is 2.65. The maximum Gasteiger partial charge on any atom is 0.257 e. The third-order valence-electron chi connectivity index (χ3n) is 4.50. The zero-order valence-corrected chi connectivity index (χ0v) is 15.0. The fourth-order valence-electron chi connectivity index (χ4n) is 3.19. The Morgan fingerprint density at radius 2 is 1.88 bits per heavy atom. The Morgan fingerprint density at radius 1 is 1.12 bits per heavy atom. The Labute approximate surface area is 156 Å². The van der Waals surface area contributed by atoms with Gasteiger partial charge in [-0.05, 0) is 29.8 Å². The first kappa shape index (κ1) is 16.8. The van der Waals surface area contributed by atoms with E-state index in [4.69, 9.17) is 11.6 Å². The van der Waals surface area contributed by atoms with E-state index < -0.39 is 0 Å². The minimum atomic E-state index is -0.0794. The van der Waals surface area contributed by atoms with Crippen molar-refractivity contribution in [3.63, 3.8) is 0 Å². The van der Waals surface area contributed by atoms with E-state index in [2.05, 4.69) is 32.3 Å². The standard InChI is InChI=1S/C20H19ClN4O/c21-15-6-8-16(9-7-15)22-20-23-18-10-11-25(13-17(18)19(26)24-20)12-14-4-2-1-3-5-14/h1-9H,10-13H2,(H2,22,23,24,26). The molecule has 2 N–H and O–H groups in total. The van der Waals surface area contributed by atoms with Crippen LogP contribution in [0.15, 0.2) is 59.4 Å². The molecule has 1 aromatic heterocycles. The number of fused-ring (bicyclic) bond motifs is 1. The molecule has 4 rings (SSSR count). The van der Waals surface area contributed by atoms with Gasteiger partial charge in [-0.2, -0.15) is 0 Å². The number of aromatic amines is 1. The number of benzene rings is 2. The zero-order chi connectivity index (χ0) is 17.9. The zero-order valence-electron chi connectivity index (χ0n) is 14.2. The summed E-state index contributed by atoms with van der Waals surface area (Å²) in [5.41, 5.74) is 3.63. The third-order valence-corrected chi connectivity index (χ3v) is 4.76. The van der Waals surface area contributed by atoms with Crippen LogP contribution >= 0.6 is 11.6 Å². The molecule has 3 aromatic rings. The Kier molecular flexibility index (Phi) is 4.73. The van der Waals surface area contributed by atoms with Gasteiger partial charge in [0.25, 0.3) is 5.56 Å². The monoisotopic (exact) mass is 366 g/mol. The lowest BCUT2D eigenvalue weighted by molar-refractivity contribution is 0.242. The van der Waals surface area contributed by atoms with Crippen LogP contribution in [0.4, 0.5) is 11.6 Å². The molecular weight excluding hydrogens is 348 g/mol. The second-order valence-corrected chi connectivity index (χ2v) is 6.85. The molecule has 2 aromatic carbocycles. The fourth-order valence-corrected chi connectivity index (χ4v) is 3.31. The molecular formula is C20H19ClN4O. The highest BCUT2D eigenvalue weighted by Gasteiger charge is 2.21. The number of rotatable bonds is 4. The number of H-pyrrole nitrogens is 1. The van der Waals surface area contributed by atoms with Crippen LogP contribution < -0.4 is 10.9 Å². The predicted octanol–water partition coefficient (Wildman–Crippen LogP) is 3.73. The molecule has 1 aliphatic rings. The van der Waals surface area contributed by atoms with Crippen molar-refractivity contribution in [2.45, 2.75) is 19.5 Å². The minimum absolute atomic E-state index is 0.0794. The van der Waals surface area contributed by atoms with E-state index in [0.717, 1.165) is 36.5 Å². The summed E-state index contributed by atoms with van der Waals surface area (Å²) in [6, 6.07) is 17.6. The number of nitrogens with one attached hydrogen (secondary N) is 2. The van der Waals surface area contributed by atoms with Crippen molar-refractivity contribution in [2.24, 2.45) is 0 Å². The predicted molar refractivity (Wildman–Crippen MR) is 104 cm³/mol. The summed E-state index contributed by atoms with van der Waals surface area (Å²) in [5.74, 6) is 0.465. The molecule has 0 bridgehead atoms. The number of anilines is 2. The van der Waals surface area contributed by atoms with Crippen LogP contribution in [0, 0.1) is 0 Å².